The highest BCUT2D eigenvalue weighted by Gasteiger charge is 2.28. The van der Waals surface area contributed by atoms with Crippen molar-refractivity contribution >= 4 is 28.9 Å². The molecule has 1 amide bonds. The minimum atomic E-state index is -0.242. The molecule has 2 atom stereocenters. The van der Waals surface area contributed by atoms with Crippen LogP contribution in [0.4, 0.5) is 17.3 Å². The van der Waals surface area contributed by atoms with Gasteiger partial charge in [-0.1, -0.05) is 25.6 Å². The van der Waals surface area contributed by atoms with Gasteiger partial charge in [-0.2, -0.15) is 0 Å². The summed E-state index contributed by atoms with van der Waals surface area (Å²) >= 11 is 0. The zero-order chi connectivity index (χ0) is 25.5. The van der Waals surface area contributed by atoms with Crippen LogP contribution in [0.1, 0.15) is 43.9 Å². The zero-order valence-corrected chi connectivity index (χ0v) is 20.6. The summed E-state index contributed by atoms with van der Waals surface area (Å²) in [5, 5.41) is 13.5. The maximum absolute atomic E-state index is 11.4. The molecule has 1 aliphatic rings. The number of aromatic nitrogens is 4. The summed E-state index contributed by atoms with van der Waals surface area (Å²) in [5.74, 6) is 1.50. The minimum Gasteiger partial charge on any atom is -0.395 e. The molecule has 0 bridgehead atoms. The number of carbonyl (C=O) groups excluding carboxylic acids is 1. The SMILES string of the molecule is C=CC(=O)Nc1ccc(NCc2cnc(C(C)Nc3nccc(C4=NOC[C@H]4C(C)C)n3)nc2)cc1. The summed E-state index contributed by atoms with van der Waals surface area (Å²) in [7, 11) is 0. The van der Waals surface area contributed by atoms with Crippen molar-refractivity contribution < 1.29 is 9.63 Å². The Morgan fingerprint density at radius 1 is 1.11 bits per heavy atom. The Morgan fingerprint density at radius 3 is 2.53 bits per heavy atom. The summed E-state index contributed by atoms with van der Waals surface area (Å²) < 4.78 is 0. The van der Waals surface area contributed by atoms with Gasteiger partial charge in [0.2, 0.25) is 11.9 Å². The molecular weight excluding hydrogens is 456 g/mol. The Morgan fingerprint density at radius 2 is 1.83 bits per heavy atom. The first-order valence-electron chi connectivity index (χ1n) is 11.8. The normalized spacial score (nSPS) is 15.6. The first-order valence-corrected chi connectivity index (χ1v) is 11.8. The minimum absolute atomic E-state index is 0.191. The Bertz CT molecular complexity index is 1230. The van der Waals surface area contributed by atoms with Crippen LogP contribution in [0.5, 0.6) is 0 Å². The van der Waals surface area contributed by atoms with Crippen LogP contribution in [0.25, 0.3) is 0 Å². The third-order valence-corrected chi connectivity index (χ3v) is 5.78. The smallest absolute Gasteiger partial charge is 0.247 e. The summed E-state index contributed by atoms with van der Waals surface area (Å²) in [6.07, 6.45) is 6.53. The van der Waals surface area contributed by atoms with Gasteiger partial charge in [0.05, 0.1) is 11.7 Å². The van der Waals surface area contributed by atoms with E-state index in [1.54, 1.807) is 18.6 Å². The van der Waals surface area contributed by atoms with E-state index in [9.17, 15) is 4.79 Å². The van der Waals surface area contributed by atoms with E-state index in [-0.39, 0.29) is 17.9 Å². The number of rotatable bonds is 10. The van der Waals surface area contributed by atoms with E-state index in [1.807, 2.05) is 37.3 Å². The van der Waals surface area contributed by atoms with Crippen LogP contribution < -0.4 is 16.0 Å². The fraction of sp³-hybridized carbons (Fsp3) is 0.308. The van der Waals surface area contributed by atoms with Gasteiger partial charge in [0.1, 0.15) is 18.1 Å². The van der Waals surface area contributed by atoms with Gasteiger partial charge in [0, 0.05) is 48.0 Å². The zero-order valence-electron chi connectivity index (χ0n) is 20.6. The van der Waals surface area contributed by atoms with Gasteiger partial charge in [-0.05, 0) is 49.2 Å². The van der Waals surface area contributed by atoms with Crippen LogP contribution in [-0.4, -0.2) is 38.2 Å². The van der Waals surface area contributed by atoms with Gasteiger partial charge in [-0.15, -0.1) is 0 Å². The van der Waals surface area contributed by atoms with Crippen molar-refractivity contribution in [2.24, 2.45) is 17.0 Å². The Kier molecular flexibility index (Phi) is 7.84. The van der Waals surface area contributed by atoms with E-state index < -0.39 is 0 Å². The van der Waals surface area contributed by atoms with Gasteiger partial charge in [0.25, 0.3) is 0 Å². The average Bonchev–Trinajstić information content (AvgIpc) is 3.39. The lowest BCUT2D eigenvalue weighted by Crippen LogP contribution is -2.22. The van der Waals surface area contributed by atoms with Crippen molar-refractivity contribution in [1.29, 1.82) is 0 Å². The monoisotopic (exact) mass is 486 g/mol. The summed E-state index contributed by atoms with van der Waals surface area (Å²) in [6.45, 7) is 10.8. The number of oxime groups is 1. The van der Waals surface area contributed by atoms with Gasteiger partial charge >= 0.3 is 0 Å². The van der Waals surface area contributed by atoms with Gasteiger partial charge in [-0.3, -0.25) is 4.79 Å². The molecule has 1 unspecified atom stereocenters. The molecule has 0 saturated heterocycles. The average molecular weight is 487 g/mol. The molecule has 3 heterocycles. The lowest BCUT2D eigenvalue weighted by atomic mass is 9.90. The van der Waals surface area contributed by atoms with Crippen LogP contribution in [-0.2, 0) is 16.2 Å². The van der Waals surface area contributed by atoms with E-state index in [2.05, 4.69) is 61.5 Å². The number of hydrogen-bond donors (Lipinski definition) is 3. The predicted octanol–water partition coefficient (Wildman–Crippen LogP) is 4.18. The standard InChI is InChI=1S/C26H30N8O2/c1-5-23(35)32-20-8-6-19(7-9-20)28-12-18-13-29-25(30-14-18)17(4)31-26-27-11-10-22(33-26)24-21(16(2)3)15-36-34-24/h5-11,13-14,16-17,21,28H,1,12,15H2,2-4H3,(H,32,35)(H,27,31,33)/t17?,21-/m0/s1. The molecule has 3 N–H and O–H groups in total. The molecule has 0 radical (unpaired) electrons. The molecule has 1 aliphatic heterocycles. The molecule has 0 spiro atoms. The summed E-state index contributed by atoms with van der Waals surface area (Å²) in [5.41, 5.74) is 4.17. The van der Waals surface area contributed by atoms with E-state index in [0.717, 1.165) is 22.7 Å². The molecule has 1 aromatic carbocycles. The number of hydrogen-bond acceptors (Lipinski definition) is 9. The second kappa shape index (κ2) is 11.4. The molecule has 36 heavy (non-hydrogen) atoms. The van der Waals surface area contributed by atoms with Gasteiger partial charge in [-0.25, -0.2) is 19.9 Å². The highest BCUT2D eigenvalue weighted by atomic mass is 16.6. The first kappa shape index (κ1) is 24.8. The van der Waals surface area contributed by atoms with E-state index in [0.29, 0.717) is 36.5 Å². The fourth-order valence-electron chi connectivity index (χ4n) is 3.66. The molecule has 0 fully saturated rings. The molecule has 10 heteroatoms. The molecular formula is C26H30N8O2. The number of anilines is 3. The van der Waals surface area contributed by atoms with Crippen molar-refractivity contribution in [2.45, 2.75) is 33.4 Å². The number of amides is 1. The van der Waals surface area contributed by atoms with Crippen molar-refractivity contribution in [3.05, 3.63) is 78.7 Å². The molecule has 10 nitrogen and oxygen atoms in total. The highest BCUT2D eigenvalue weighted by molar-refractivity contribution is 6.01. The van der Waals surface area contributed by atoms with Crippen molar-refractivity contribution in [1.82, 2.24) is 19.9 Å². The quantitative estimate of drug-likeness (QED) is 0.364. The maximum Gasteiger partial charge on any atom is 0.247 e. The fourth-order valence-corrected chi connectivity index (χ4v) is 3.66. The molecule has 4 rings (SSSR count). The molecule has 0 aliphatic carbocycles. The third kappa shape index (κ3) is 6.21. The lowest BCUT2D eigenvalue weighted by molar-refractivity contribution is -0.111. The number of carbonyl (C=O) groups is 1. The number of nitrogens with one attached hydrogen (secondary N) is 3. The second-order valence-corrected chi connectivity index (χ2v) is 8.83. The van der Waals surface area contributed by atoms with Gasteiger partial charge < -0.3 is 20.8 Å². The Hall–Kier alpha value is -4.34. The number of nitrogens with zero attached hydrogens (tertiary/aromatic N) is 5. The van der Waals surface area contributed by atoms with Crippen LogP contribution in [0, 0.1) is 11.8 Å². The Balaban J connectivity index is 1.33. The van der Waals surface area contributed by atoms with Crippen LogP contribution in [0.3, 0.4) is 0 Å². The molecule has 0 saturated carbocycles. The lowest BCUT2D eigenvalue weighted by Gasteiger charge is -2.16. The van der Waals surface area contributed by atoms with Gasteiger partial charge in [0.15, 0.2) is 0 Å². The van der Waals surface area contributed by atoms with Crippen molar-refractivity contribution in [2.75, 3.05) is 22.6 Å². The van der Waals surface area contributed by atoms with Crippen molar-refractivity contribution in [3.8, 4) is 0 Å². The molecule has 2 aromatic heterocycles. The van der Waals surface area contributed by atoms with Crippen LogP contribution in [0.2, 0.25) is 0 Å². The third-order valence-electron chi connectivity index (χ3n) is 5.78. The van der Waals surface area contributed by atoms with Crippen LogP contribution in [0.15, 0.2) is 66.7 Å². The van der Waals surface area contributed by atoms with Crippen molar-refractivity contribution in [3.63, 3.8) is 0 Å². The summed E-state index contributed by atoms with van der Waals surface area (Å²) in [4.78, 5) is 34.7. The van der Waals surface area contributed by atoms with Crippen LogP contribution >= 0.6 is 0 Å². The molecule has 186 valence electrons. The van der Waals surface area contributed by atoms with E-state index in [1.165, 1.54) is 6.08 Å². The largest absolute Gasteiger partial charge is 0.395 e. The summed E-state index contributed by atoms with van der Waals surface area (Å²) in [6, 6.07) is 9.08. The van der Waals surface area contributed by atoms with E-state index in [4.69, 9.17) is 4.84 Å². The predicted molar refractivity (Wildman–Crippen MR) is 140 cm³/mol. The highest BCUT2D eigenvalue weighted by Crippen LogP contribution is 2.24. The Labute approximate surface area is 210 Å². The van der Waals surface area contributed by atoms with E-state index >= 15 is 0 Å². The molecule has 3 aromatic rings. The second-order valence-electron chi connectivity index (χ2n) is 8.83. The number of benzene rings is 1. The first-order chi connectivity index (χ1) is 17.4. The maximum atomic E-state index is 11.4. The topological polar surface area (TPSA) is 126 Å².